The average molecular weight is 169 g/mol. The van der Waals surface area contributed by atoms with E-state index in [4.69, 9.17) is 0 Å². The lowest BCUT2D eigenvalue weighted by Crippen LogP contribution is -2.19. The Bertz CT molecular complexity index is 337. The third-order valence-electron chi connectivity index (χ3n) is 1.15. The Morgan fingerprint density at radius 3 is 3.27 bits per heavy atom. The van der Waals surface area contributed by atoms with Crippen LogP contribution in [0.4, 0.5) is 0 Å². The van der Waals surface area contributed by atoms with E-state index in [0.29, 0.717) is 10.6 Å². The van der Waals surface area contributed by atoms with Crippen LogP contribution in [-0.2, 0) is 11.0 Å². The van der Waals surface area contributed by atoms with E-state index in [-0.39, 0.29) is 0 Å². The molecule has 1 N–H and O–H groups in total. The largest absolute Gasteiger partial charge is 0.230 e. The van der Waals surface area contributed by atoms with Gasteiger partial charge in [-0.05, 0) is 5.21 Å². The third kappa shape index (κ3) is 0.984. The van der Waals surface area contributed by atoms with Gasteiger partial charge in [-0.25, -0.2) is 9.04 Å². The molecule has 0 radical (unpaired) electrons. The van der Waals surface area contributed by atoms with Gasteiger partial charge in [-0.2, -0.15) is 5.10 Å². The molecule has 0 aliphatic carbocycles. The number of nitrogens with zero attached hydrogens (tertiary/aromatic N) is 4. The van der Waals surface area contributed by atoms with E-state index < -0.39 is 11.0 Å². The highest BCUT2D eigenvalue weighted by atomic mass is 32.2. The lowest BCUT2D eigenvalue weighted by molar-refractivity contribution is 0.670. The fourth-order valence-corrected chi connectivity index (χ4v) is 1.36. The van der Waals surface area contributed by atoms with Crippen molar-refractivity contribution < 1.29 is 4.21 Å². The maximum Gasteiger partial charge on any atom is 0.170 e. The Balaban J connectivity index is 2.63. The molecule has 2 heterocycles. The van der Waals surface area contributed by atoms with Crippen LogP contribution < -0.4 is 4.83 Å². The molecule has 56 valence electrons. The predicted octanol–water partition coefficient (Wildman–Crippen LogP) is -1.17. The van der Waals surface area contributed by atoms with Gasteiger partial charge in [-0.15, -0.1) is 10.2 Å². The molecule has 0 fully saturated rings. The zero-order valence-electron chi connectivity index (χ0n) is 5.26. The lowest BCUT2D eigenvalue weighted by Gasteiger charge is -2.05. The highest BCUT2D eigenvalue weighted by Gasteiger charge is 2.13. The number of rotatable bonds is 0. The van der Waals surface area contributed by atoms with Gasteiger partial charge in [-0.3, -0.25) is 0 Å². The fraction of sp³-hybridized carbons (Fsp3) is 0. The van der Waals surface area contributed by atoms with Crippen molar-refractivity contribution in [2.24, 2.45) is 5.10 Å². The Hall–Kier alpha value is -1.37. The average Bonchev–Trinajstić information content (AvgIpc) is 2.06. The summed E-state index contributed by atoms with van der Waals surface area (Å²) in [5, 5.41) is 14.1. The minimum atomic E-state index is -1.33. The second kappa shape index (κ2) is 2.35. The molecule has 11 heavy (non-hydrogen) atoms. The summed E-state index contributed by atoms with van der Waals surface area (Å²) in [4.78, 5) is 2.88. The maximum absolute atomic E-state index is 11.1. The number of hydrazone groups is 1. The first-order valence-corrected chi connectivity index (χ1v) is 3.92. The molecule has 0 saturated carbocycles. The van der Waals surface area contributed by atoms with Crippen molar-refractivity contribution in [2.45, 2.75) is 4.90 Å². The van der Waals surface area contributed by atoms with Crippen LogP contribution in [-0.4, -0.2) is 25.8 Å². The summed E-state index contributed by atoms with van der Waals surface area (Å²) in [5.74, 6) is 0. The molecule has 0 saturated heterocycles. The molecule has 0 bridgehead atoms. The van der Waals surface area contributed by atoms with Gasteiger partial charge in [-0.1, -0.05) is 0 Å². The van der Waals surface area contributed by atoms with Crippen molar-refractivity contribution in [1.29, 1.82) is 0 Å². The zero-order chi connectivity index (χ0) is 7.68. The van der Waals surface area contributed by atoms with Crippen LogP contribution in [0.15, 0.2) is 16.2 Å². The quantitative estimate of drug-likeness (QED) is 0.530. The smallest absolute Gasteiger partial charge is 0.170 e. The van der Waals surface area contributed by atoms with Crippen LogP contribution >= 0.6 is 0 Å². The lowest BCUT2D eigenvalue weighted by atomic mass is 10.4. The van der Waals surface area contributed by atoms with Crippen LogP contribution in [0.3, 0.4) is 0 Å². The Kier molecular flexibility index (Phi) is 1.35. The van der Waals surface area contributed by atoms with Crippen molar-refractivity contribution in [3.05, 3.63) is 11.9 Å². The van der Waals surface area contributed by atoms with E-state index in [0.717, 1.165) is 0 Å². The van der Waals surface area contributed by atoms with Crippen LogP contribution in [0, 0.1) is 0 Å². The summed E-state index contributed by atoms with van der Waals surface area (Å²) < 4.78 is 11.1. The van der Waals surface area contributed by atoms with Gasteiger partial charge in [0.1, 0.15) is 10.6 Å². The second-order valence-corrected chi connectivity index (χ2v) is 2.96. The van der Waals surface area contributed by atoms with Crippen LogP contribution in [0.25, 0.3) is 0 Å². The molecule has 1 atom stereocenters. The molecule has 1 aromatic heterocycles. The Labute approximate surface area is 64.3 Å². The second-order valence-electron chi connectivity index (χ2n) is 1.80. The summed E-state index contributed by atoms with van der Waals surface area (Å²) >= 11 is 0. The number of hydrogen-bond donors (Lipinski definition) is 1. The van der Waals surface area contributed by atoms with Gasteiger partial charge in [0.2, 0.25) is 0 Å². The van der Waals surface area contributed by atoms with Gasteiger partial charge in [0, 0.05) is 0 Å². The number of aromatic nitrogens is 3. The summed E-state index contributed by atoms with van der Waals surface area (Å²) in [6, 6.07) is 0. The topological polar surface area (TPSA) is 80.1 Å². The van der Waals surface area contributed by atoms with Crippen LogP contribution in [0.2, 0.25) is 0 Å². The van der Waals surface area contributed by atoms with Gasteiger partial charge in [0.15, 0.2) is 11.0 Å². The molecular weight excluding hydrogens is 166 g/mol. The van der Waals surface area contributed by atoms with E-state index in [2.05, 4.69) is 25.3 Å². The fourth-order valence-electron chi connectivity index (χ4n) is 0.684. The molecule has 2 rings (SSSR count). The number of fused-ring (bicyclic) bond motifs is 1. The molecular formula is C4H3N5OS. The molecule has 1 unspecified atom stereocenters. The monoisotopic (exact) mass is 169 g/mol. The molecule has 1 aliphatic rings. The zero-order valence-corrected chi connectivity index (χ0v) is 6.08. The predicted molar refractivity (Wildman–Crippen MR) is 37.0 cm³/mol. The van der Waals surface area contributed by atoms with E-state index in [1.165, 1.54) is 12.4 Å². The molecule has 1 aromatic rings. The summed E-state index contributed by atoms with van der Waals surface area (Å²) in [7, 11) is -1.33. The molecule has 6 nitrogen and oxygen atoms in total. The molecule has 0 spiro atoms. The van der Waals surface area contributed by atoms with Crippen molar-refractivity contribution in [1.82, 2.24) is 20.2 Å². The van der Waals surface area contributed by atoms with E-state index in [9.17, 15) is 4.21 Å². The summed E-state index contributed by atoms with van der Waals surface area (Å²) in [6.07, 6.45) is 2.85. The molecule has 1 aliphatic heterocycles. The number of hydrogen-bond acceptors (Lipinski definition) is 5. The SMILES string of the molecule is O=S1NN=Cc2nnncc21. The van der Waals surface area contributed by atoms with Gasteiger partial charge in [0.05, 0.1) is 12.4 Å². The van der Waals surface area contributed by atoms with E-state index in [1.54, 1.807) is 0 Å². The Morgan fingerprint density at radius 2 is 2.45 bits per heavy atom. The van der Waals surface area contributed by atoms with Crippen LogP contribution in [0.5, 0.6) is 0 Å². The third-order valence-corrected chi connectivity index (χ3v) is 2.14. The van der Waals surface area contributed by atoms with Crippen molar-refractivity contribution in [3.63, 3.8) is 0 Å². The Morgan fingerprint density at radius 1 is 1.55 bits per heavy atom. The highest BCUT2D eigenvalue weighted by Crippen LogP contribution is 2.07. The van der Waals surface area contributed by atoms with Gasteiger partial charge >= 0.3 is 0 Å². The number of nitrogens with one attached hydrogen (secondary N) is 1. The first-order valence-electron chi connectivity index (χ1n) is 2.77. The van der Waals surface area contributed by atoms with E-state index >= 15 is 0 Å². The minimum Gasteiger partial charge on any atom is -0.230 e. The van der Waals surface area contributed by atoms with E-state index in [1.807, 2.05) is 0 Å². The van der Waals surface area contributed by atoms with Crippen LogP contribution in [0.1, 0.15) is 5.69 Å². The molecule has 0 amide bonds. The summed E-state index contributed by atoms with van der Waals surface area (Å²) in [6.45, 7) is 0. The molecule has 7 heteroatoms. The van der Waals surface area contributed by atoms with Gasteiger partial charge in [0.25, 0.3) is 0 Å². The van der Waals surface area contributed by atoms with Gasteiger partial charge < -0.3 is 0 Å². The maximum atomic E-state index is 11.1. The standard InChI is InChI=1S/C4H3N5OS/c10-11-4-2-5-8-7-3(4)1-6-9-11/h1-2,9H. The minimum absolute atomic E-state index is 0.497. The van der Waals surface area contributed by atoms with Crippen molar-refractivity contribution in [3.8, 4) is 0 Å². The van der Waals surface area contributed by atoms with Crippen molar-refractivity contribution in [2.75, 3.05) is 0 Å². The molecule has 0 aromatic carbocycles. The highest BCUT2D eigenvalue weighted by molar-refractivity contribution is 7.83. The normalized spacial score (nSPS) is 20.5. The first-order chi connectivity index (χ1) is 5.38. The summed E-state index contributed by atoms with van der Waals surface area (Å²) in [5.41, 5.74) is 0.497. The van der Waals surface area contributed by atoms with Crippen molar-refractivity contribution >= 4 is 17.2 Å². The first kappa shape index (κ1) is 6.35.